The molecule has 0 saturated carbocycles. The molecule has 4 nitrogen and oxygen atoms in total. The average Bonchev–Trinajstić information content (AvgIpc) is 2.43. The summed E-state index contributed by atoms with van der Waals surface area (Å²) in [5.74, 6) is 0. The number of rotatable bonds is 5. The van der Waals surface area contributed by atoms with Crippen molar-refractivity contribution in [2.24, 2.45) is 0 Å². The predicted molar refractivity (Wildman–Crippen MR) is 54.3 cm³/mol. The van der Waals surface area contributed by atoms with Crippen LogP contribution in [0.2, 0.25) is 0 Å². The lowest BCUT2D eigenvalue weighted by molar-refractivity contribution is -0.0396. The summed E-state index contributed by atoms with van der Waals surface area (Å²) in [6, 6.07) is 0. The van der Waals surface area contributed by atoms with E-state index >= 15 is 0 Å². The molecule has 1 heterocycles. The molecule has 0 aromatic rings. The monoisotopic (exact) mass is 203 g/mol. The van der Waals surface area contributed by atoms with Crippen molar-refractivity contribution in [1.82, 2.24) is 4.90 Å². The Morgan fingerprint density at radius 1 is 1.43 bits per heavy atom. The second-order valence-corrected chi connectivity index (χ2v) is 4.04. The molecule has 14 heavy (non-hydrogen) atoms. The molecule has 0 aromatic heterocycles. The van der Waals surface area contributed by atoms with Crippen LogP contribution in [0.3, 0.4) is 0 Å². The number of aliphatic hydroxyl groups excluding tert-OH is 1. The number of hydrogen-bond acceptors (Lipinski definition) is 4. The smallest absolute Gasteiger partial charge is 0.0976 e. The molecule has 1 N–H and O–H groups in total. The van der Waals surface area contributed by atoms with Crippen molar-refractivity contribution in [2.75, 3.05) is 33.4 Å². The second-order valence-electron chi connectivity index (χ2n) is 4.04. The highest BCUT2D eigenvalue weighted by Crippen LogP contribution is 2.14. The van der Waals surface area contributed by atoms with Gasteiger partial charge in [-0.25, -0.2) is 0 Å². The van der Waals surface area contributed by atoms with E-state index in [4.69, 9.17) is 9.47 Å². The maximum atomic E-state index is 9.70. The zero-order chi connectivity index (χ0) is 10.6. The zero-order valence-electron chi connectivity index (χ0n) is 9.27. The van der Waals surface area contributed by atoms with Crippen molar-refractivity contribution >= 4 is 0 Å². The van der Waals surface area contributed by atoms with Gasteiger partial charge in [-0.2, -0.15) is 0 Å². The molecule has 1 aliphatic rings. The third-order valence-electron chi connectivity index (χ3n) is 2.37. The molecule has 1 rings (SSSR count). The van der Waals surface area contributed by atoms with Gasteiger partial charge in [0.05, 0.1) is 24.9 Å². The van der Waals surface area contributed by atoms with Crippen LogP contribution in [-0.2, 0) is 9.47 Å². The Kier molecular flexibility index (Phi) is 4.81. The Hall–Kier alpha value is -0.160. The van der Waals surface area contributed by atoms with Crippen molar-refractivity contribution in [2.45, 2.75) is 32.2 Å². The van der Waals surface area contributed by atoms with Gasteiger partial charge in [0.25, 0.3) is 0 Å². The molecular formula is C10H21NO3. The van der Waals surface area contributed by atoms with Crippen molar-refractivity contribution in [3.05, 3.63) is 0 Å². The third kappa shape index (κ3) is 3.53. The summed E-state index contributed by atoms with van der Waals surface area (Å²) in [6.45, 7) is 7.06. The Morgan fingerprint density at radius 2 is 2.14 bits per heavy atom. The van der Waals surface area contributed by atoms with Crippen LogP contribution in [0.15, 0.2) is 0 Å². The lowest BCUT2D eigenvalue weighted by Gasteiger charge is -2.18. The first-order valence-corrected chi connectivity index (χ1v) is 5.18. The number of likely N-dealkylation sites (tertiary alicyclic amines) is 1. The van der Waals surface area contributed by atoms with Gasteiger partial charge < -0.3 is 14.6 Å². The standard InChI is InChI=1S/C10H21NO3/c1-8(2)14-10-7-11(4-5-13-3)6-9(10)12/h8-10,12H,4-7H2,1-3H3. The molecule has 2 unspecified atom stereocenters. The summed E-state index contributed by atoms with van der Waals surface area (Å²) in [7, 11) is 1.69. The lowest BCUT2D eigenvalue weighted by Crippen LogP contribution is -2.29. The molecule has 0 spiro atoms. The summed E-state index contributed by atoms with van der Waals surface area (Å²) in [5.41, 5.74) is 0. The highest BCUT2D eigenvalue weighted by Gasteiger charge is 2.32. The topological polar surface area (TPSA) is 41.9 Å². The van der Waals surface area contributed by atoms with Crippen molar-refractivity contribution in [3.63, 3.8) is 0 Å². The van der Waals surface area contributed by atoms with Crippen LogP contribution in [0.4, 0.5) is 0 Å². The number of β-amino-alcohol motifs (C(OH)–C–C–N with tert-alkyl or cyclic N) is 1. The Balaban J connectivity index is 2.28. The van der Waals surface area contributed by atoms with Crippen molar-refractivity contribution in [1.29, 1.82) is 0 Å². The second kappa shape index (κ2) is 5.66. The molecule has 0 bridgehead atoms. The van der Waals surface area contributed by atoms with Crippen LogP contribution in [0.25, 0.3) is 0 Å². The van der Waals surface area contributed by atoms with E-state index in [1.165, 1.54) is 0 Å². The number of hydrogen-bond donors (Lipinski definition) is 1. The molecule has 0 aromatic carbocycles. The first-order valence-electron chi connectivity index (χ1n) is 5.18. The highest BCUT2D eigenvalue weighted by atomic mass is 16.5. The van der Waals surface area contributed by atoms with Gasteiger partial charge in [0, 0.05) is 26.7 Å². The molecule has 2 atom stereocenters. The molecule has 84 valence electrons. The fraction of sp³-hybridized carbons (Fsp3) is 1.00. The van der Waals surface area contributed by atoms with E-state index in [0.717, 1.165) is 13.1 Å². The lowest BCUT2D eigenvalue weighted by atomic mass is 10.2. The van der Waals surface area contributed by atoms with Gasteiger partial charge >= 0.3 is 0 Å². The van der Waals surface area contributed by atoms with Gasteiger partial charge in [-0.1, -0.05) is 0 Å². The third-order valence-corrected chi connectivity index (χ3v) is 2.37. The molecule has 4 heteroatoms. The quantitative estimate of drug-likeness (QED) is 0.688. The first-order chi connectivity index (χ1) is 6.63. The average molecular weight is 203 g/mol. The fourth-order valence-electron chi connectivity index (χ4n) is 1.72. The molecule has 0 radical (unpaired) electrons. The van der Waals surface area contributed by atoms with Gasteiger partial charge in [0.1, 0.15) is 0 Å². The Morgan fingerprint density at radius 3 is 2.71 bits per heavy atom. The van der Waals surface area contributed by atoms with E-state index in [0.29, 0.717) is 13.2 Å². The van der Waals surface area contributed by atoms with Gasteiger partial charge in [0.2, 0.25) is 0 Å². The van der Waals surface area contributed by atoms with Gasteiger partial charge in [-0.3, -0.25) is 4.90 Å². The minimum atomic E-state index is -0.353. The van der Waals surface area contributed by atoms with E-state index in [1.54, 1.807) is 7.11 Å². The minimum Gasteiger partial charge on any atom is -0.389 e. The molecule has 1 fully saturated rings. The van der Waals surface area contributed by atoms with Crippen LogP contribution < -0.4 is 0 Å². The molecule has 1 saturated heterocycles. The summed E-state index contributed by atoms with van der Waals surface area (Å²) in [4.78, 5) is 2.17. The largest absolute Gasteiger partial charge is 0.389 e. The van der Waals surface area contributed by atoms with Crippen molar-refractivity contribution < 1.29 is 14.6 Å². The minimum absolute atomic E-state index is 0.0353. The molecule has 0 aliphatic carbocycles. The summed E-state index contributed by atoms with van der Waals surface area (Å²) < 4.78 is 10.6. The number of aliphatic hydroxyl groups is 1. The van der Waals surface area contributed by atoms with Crippen LogP contribution >= 0.6 is 0 Å². The van der Waals surface area contributed by atoms with Crippen molar-refractivity contribution in [3.8, 4) is 0 Å². The molecule has 1 aliphatic heterocycles. The van der Waals surface area contributed by atoms with Gasteiger partial charge in [-0.15, -0.1) is 0 Å². The molecular weight excluding hydrogens is 182 g/mol. The van der Waals surface area contributed by atoms with Gasteiger partial charge in [-0.05, 0) is 13.8 Å². The summed E-state index contributed by atoms with van der Waals surface area (Å²) >= 11 is 0. The normalized spacial score (nSPS) is 28.9. The van der Waals surface area contributed by atoms with E-state index < -0.39 is 0 Å². The SMILES string of the molecule is COCCN1CC(O)C(OC(C)C)C1. The maximum Gasteiger partial charge on any atom is 0.0976 e. The Bertz CT molecular complexity index is 163. The van der Waals surface area contributed by atoms with Crippen LogP contribution in [-0.4, -0.2) is 61.7 Å². The maximum absolute atomic E-state index is 9.70. The van der Waals surface area contributed by atoms with E-state index in [-0.39, 0.29) is 18.3 Å². The Labute approximate surface area is 85.8 Å². The summed E-state index contributed by atoms with van der Waals surface area (Å²) in [5, 5.41) is 9.70. The van der Waals surface area contributed by atoms with Gasteiger partial charge in [0.15, 0.2) is 0 Å². The zero-order valence-corrected chi connectivity index (χ0v) is 9.27. The highest BCUT2D eigenvalue weighted by molar-refractivity contribution is 4.84. The molecule has 0 amide bonds. The number of methoxy groups -OCH3 is 1. The first kappa shape index (κ1) is 11.9. The fourth-order valence-corrected chi connectivity index (χ4v) is 1.72. The number of nitrogens with zero attached hydrogens (tertiary/aromatic N) is 1. The van der Waals surface area contributed by atoms with Crippen LogP contribution in [0.5, 0.6) is 0 Å². The van der Waals surface area contributed by atoms with E-state index in [2.05, 4.69) is 4.90 Å². The predicted octanol–water partition coefficient (Wildman–Crippen LogP) is 0.103. The van der Waals surface area contributed by atoms with E-state index in [9.17, 15) is 5.11 Å². The summed E-state index contributed by atoms with van der Waals surface area (Å²) in [6.07, 6.45) is -0.210. The van der Waals surface area contributed by atoms with Crippen LogP contribution in [0, 0.1) is 0 Å². The van der Waals surface area contributed by atoms with E-state index in [1.807, 2.05) is 13.8 Å². The number of ether oxygens (including phenoxy) is 2. The van der Waals surface area contributed by atoms with Crippen LogP contribution in [0.1, 0.15) is 13.8 Å².